The van der Waals surface area contributed by atoms with Gasteiger partial charge in [-0.05, 0) is 18.4 Å². The maximum atomic E-state index is 6.13. The second kappa shape index (κ2) is 5.87. The highest BCUT2D eigenvalue weighted by Crippen LogP contribution is 2.25. The molecule has 0 saturated heterocycles. The van der Waals surface area contributed by atoms with Crippen molar-refractivity contribution in [3.05, 3.63) is 47.9 Å². The first-order chi connectivity index (χ1) is 10.2. The Balaban J connectivity index is 2.04. The number of halogens is 1. The second-order valence-corrected chi connectivity index (χ2v) is 5.80. The Morgan fingerprint density at radius 3 is 2.48 bits per heavy atom. The third-order valence-electron chi connectivity index (χ3n) is 3.04. The van der Waals surface area contributed by atoms with Gasteiger partial charge in [-0.3, -0.25) is 4.68 Å². The van der Waals surface area contributed by atoms with E-state index in [0.717, 1.165) is 16.8 Å². The largest absolute Gasteiger partial charge is 0.275 e. The fraction of sp³-hybridized carbons (Fsp3) is 0.133. The van der Waals surface area contributed by atoms with Crippen LogP contribution in [0.1, 0.15) is 0 Å². The van der Waals surface area contributed by atoms with Gasteiger partial charge in [0.05, 0.1) is 11.9 Å². The molecule has 0 fully saturated rings. The van der Waals surface area contributed by atoms with Gasteiger partial charge in [0.15, 0.2) is 5.82 Å². The Labute approximate surface area is 132 Å². The zero-order valence-corrected chi connectivity index (χ0v) is 13.2. The van der Waals surface area contributed by atoms with E-state index in [1.807, 2.05) is 43.8 Å². The molecule has 6 heteroatoms. The van der Waals surface area contributed by atoms with Crippen LogP contribution in [0.25, 0.3) is 22.6 Å². The van der Waals surface area contributed by atoms with Crippen molar-refractivity contribution in [1.29, 1.82) is 0 Å². The van der Waals surface area contributed by atoms with Crippen molar-refractivity contribution < 1.29 is 0 Å². The molecule has 21 heavy (non-hydrogen) atoms. The fourth-order valence-corrected chi connectivity index (χ4v) is 2.58. The van der Waals surface area contributed by atoms with E-state index in [2.05, 4.69) is 15.1 Å². The Kier molecular flexibility index (Phi) is 3.94. The van der Waals surface area contributed by atoms with Crippen molar-refractivity contribution in [3.8, 4) is 22.6 Å². The van der Waals surface area contributed by atoms with E-state index < -0.39 is 0 Å². The maximum absolute atomic E-state index is 6.13. The summed E-state index contributed by atoms with van der Waals surface area (Å²) in [7, 11) is 1.87. The average Bonchev–Trinajstić information content (AvgIpc) is 2.93. The molecule has 0 saturated carbocycles. The number of aromatic nitrogens is 4. The molecule has 0 aliphatic heterocycles. The predicted octanol–water partition coefficient (Wildman–Crippen LogP) is 3.92. The van der Waals surface area contributed by atoms with Gasteiger partial charge in [-0.2, -0.15) is 5.10 Å². The number of hydrogen-bond donors (Lipinski definition) is 0. The lowest BCUT2D eigenvalue weighted by molar-refractivity contribution is 0.768. The zero-order chi connectivity index (χ0) is 14.8. The van der Waals surface area contributed by atoms with Crippen LogP contribution in [0.3, 0.4) is 0 Å². The van der Waals surface area contributed by atoms with E-state index in [4.69, 9.17) is 11.6 Å². The third-order valence-corrected chi connectivity index (χ3v) is 3.98. The van der Waals surface area contributed by atoms with E-state index in [0.29, 0.717) is 11.0 Å². The lowest BCUT2D eigenvalue weighted by Crippen LogP contribution is -1.92. The van der Waals surface area contributed by atoms with Gasteiger partial charge in [-0.25, -0.2) is 9.97 Å². The highest BCUT2D eigenvalue weighted by Gasteiger charge is 2.09. The highest BCUT2D eigenvalue weighted by atomic mass is 35.5. The van der Waals surface area contributed by atoms with Crippen LogP contribution in [-0.4, -0.2) is 26.0 Å². The van der Waals surface area contributed by atoms with E-state index in [1.165, 1.54) is 4.90 Å². The van der Waals surface area contributed by atoms with E-state index >= 15 is 0 Å². The number of aryl methyl sites for hydroxylation is 1. The van der Waals surface area contributed by atoms with Gasteiger partial charge >= 0.3 is 0 Å². The molecular weight excluding hydrogens is 304 g/mol. The third kappa shape index (κ3) is 3.09. The van der Waals surface area contributed by atoms with Gasteiger partial charge < -0.3 is 0 Å². The minimum Gasteiger partial charge on any atom is -0.275 e. The van der Waals surface area contributed by atoms with Crippen molar-refractivity contribution in [1.82, 2.24) is 19.7 Å². The highest BCUT2D eigenvalue weighted by molar-refractivity contribution is 7.98. The summed E-state index contributed by atoms with van der Waals surface area (Å²) >= 11 is 7.83. The van der Waals surface area contributed by atoms with Crippen molar-refractivity contribution in [3.63, 3.8) is 0 Å². The summed E-state index contributed by atoms with van der Waals surface area (Å²) in [5.74, 6) is 0.619. The van der Waals surface area contributed by atoms with Crippen LogP contribution in [0, 0.1) is 0 Å². The standard InChI is InChI=1S/C15H13ClN4S/c1-20-9-11(8-17-20)13-7-14(16)19-15(18-13)10-3-5-12(21-2)6-4-10/h3-9H,1-2H3. The molecule has 0 aliphatic rings. The number of benzene rings is 1. The molecule has 3 aromatic rings. The molecule has 1 aromatic carbocycles. The summed E-state index contributed by atoms with van der Waals surface area (Å²) in [5, 5.41) is 4.58. The molecule has 0 amide bonds. The lowest BCUT2D eigenvalue weighted by Gasteiger charge is -2.05. The van der Waals surface area contributed by atoms with Crippen LogP contribution in [-0.2, 0) is 7.05 Å². The summed E-state index contributed by atoms with van der Waals surface area (Å²) in [6.45, 7) is 0. The van der Waals surface area contributed by atoms with Crippen molar-refractivity contribution in [2.45, 2.75) is 4.90 Å². The Hall–Kier alpha value is -1.85. The fourth-order valence-electron chi connectivity index (χ4n) is 1.99. The summed E-state index contributed by atoms with van der Waals surface area (Å²) < 4.78 is 1.73. The first-order valence-electron chi connectivity index (χ1n) is 6.34. The normalized spacial score (nSPS) is 10.8. The molecule has 106 valence electrons. The number of rotatable bonds is 3. The molecule has 0 atom stereocenters. The van der Waals surface area contributed by atoms with E-state index in [-0.39, 0.29) is 0 Å². The number of nitrogens with zero attached hydrogens (tertiary/aromatic N) is 4. The van der Waals surface area contributed by atoms with Gasteiger partial charge in [0.1, 0.15) is 5.15 Å². The van der Waals surface area contributed by atoms with Gasteiger partial charge in [0.2, 0.25) is 0 Å². The molecule has 0 spiro atoms. The van der Waals surface area contributed by atoms with Gasteiger partial charge in [0.25, 0.3) is 0 Å². The summed E-state index contributed by atoms with van der Waals surface area (Å²) in [6, 6.07) is 9.86. The molecule has 4 nitrogen and oxygen atoms in total. The summed E-state index contributed by atoms with van der Waals surface area (Å²) in [6.07, 6.45) is 5.71. The van der Waals surface area contributed by atoms with Crippen molar-refractivity contribution in [2.24, 2.45) is 7.05 Å². The van der Waals surface area contributed by atoms with E-state index in [1.54, 1.807) is 28.7 Å². The first-order valence-corrected chi connectivity index (χ1v) is 7.94. The van der Waals surface area contributed by atoms with Gasteiger partial charge in [-0.1, -0.05) is 23.7 Å². The molecule has 0 bridgehead atoms. The van der Waals surface area contributed by atoms with Crippen LogP contribution < -0.4 is 0 Å². The molecule has 0 radical (unpaired) electrons. The van der Waals surface area contributed by atoms with Gasteiger partial charge in [-0.15, -0.1) is 11.8 Å². The van der Waals surface area contributed by atoms with Crippen LogP contribution in [0.5, 0.6) is 0 Å². The minimum atomic E-state index is 0.424. The minimum absolute atomic E-state index is 0.424. The first kappa shape index (κ1) is 14.1. The molecule has 0 unspecified atom stereocenters. The molecule has 2 aromatic heterocycles. The summed E-state index contributed by atoms with van der Waals surface area (Å²) in [5.41, 5.74) is 2.64. The average molecular weight is 317 g/mol. The predicted molar refractivity (Wildman–Crippen MR) is 86.5 cm³/mol. The molecular formula is C15H13ClN4S. The lowest BCUT2D eigenvalue weighted by atomic mass is 10.2. The Bertz CT molecular complexity index is 768. The quantitative estimate of drug-likeness (QED) is 0.542. The Morgan fingerprint density at radius 1 is 1.10 bits per heavy atom. The second-order valence-electron chi connectivity index (χ2n) is 4.53. The molecule has 0 aliphatic carbocycles. The van der Waals surface area contributed by atoms with Crippen molar-refractivity contribution >= 4 is 23.4 Å². The maximum Gasteiger partial charge on any atom is 0.161 e. The molecule has 0 N–H and O–H groups in total. The van der Waals surface area contributed by atoms with Crippen LogP contribution in [0.15, 0.2) is 47.6 Å². The van der Waals surface area contributed by atoms with Gasteiger partial charge in [0, 0.05) is 35.3 Å². The topological polar surface area (TPSA) is 43.6 Å². The number of hydrogen-bond acceptors (Lipinski definition) is 4. The van der Waals surface area contributed by atoms with Crippen LogP contribution in [0.4, 0.5) is 0 Å². The Morgan fingerprint density at radius 2 is 1.86 bits per heavy atom. The van der Waals surface area contributed by atoms with Crippen molar-refractivity contribution in [2.75, 3.05) is 6.26 Å². The van der Waals surface area contributed by atoms with E-state index in [9.17, 15) is 0 Å². The van der Waals surface area contributed by atoms with Crippen LogP contribution >= 0.6 is 23.4 Å². The smallest absolute Gasteiger partial charge is 0.161 e. The zero-order valence-electron chi connectivity index (χ0n) is 11.6. The molecule has 2 heterocycles. The summed E-state index contributed by atoms with van der Waals surface area (Å²) in [4.78, 5) is 10.1. The van der Waals surface area contributed by atoms with Crippen LogP contribution in [0.2, 0.25) is 5.15 Å². The molecule has 3 rings (SSSR count). The number of thioether (sulfide) groups is 1. The SMILES string of the molecule is CSc1ccc(-c2nc(Cl)cc(-c3cnn(C)c3)n2)cc1. The monoisotopic (exact) mass is 316 g/mol.